The van der Waals surface area contributed by atoms with Crippen LogP contribution in [0.25, 0.3) is 0 Å². The van der Waals surface area contributed by atoms with E-state index in [1.165, 1.54) is 11.1 Å². The smallest absolute Gasteiger partial charge is 0.161 e. The number of halogens is 1. The maximum atomic E-state index is 6.40. The first-order chi connectivity index (χ1) is 12.1. The lowest BCUT2D eigenvalue weighted by Gasteiger charge is -2.18. The van der Waals surface area contributed by atoms with Crippen LogP contribution in [-0.4, -0.2) is 37.2 Å². The van der Waals surface area contributed by atoms with Crippen molar-refractivity contribution >= 4 is 12.4 Å². The average molecular weight is 377 g/mol. The van der Waals surface area contributed by atoms with Crippen LogP contribution >= 0.6 is 12.4 Å². The molecule has 0 aliphatic carbocycles. The lowest BCUT2D eigenvalue weighted by Crippen LogP contribution is -2.28. The highest BCUT2D eigenvalue weighted by molar-refractivity contribution is 5.85. The van der Waals surface area contributed by atoms with Crippen molar-refractivity contribution in [2.45, 2.75) is 38.5 Å². The minimum atomic E-state index is 0. The molecule has 0 unspecified atom stereocenters. The van der Waals surface area contributed by atoms with E-state index in [2.05, 4.69) is 47.4 Å². The molecule has 2 atom stereocenters. The summed E-state index contributed by atoms with van der Waals surface area (Å²) in [5.41, 5.74) is 8.95. The first kappa shape index (κ1) is 20.6. The molecule has 0 spiro atoms. The Kier molecular flexibility index (Phi) is 7.33. The Bertz CT molecular complexity index is 694. The summed E-state index contributed by atoms with van der Waals surface area (Å²) in [6.45, 7) is 6.80. The van der Waals surface area contributed by atoms with Crippen molar-refractivity contribution in [3.63, 3.8) is 0 Å². The number of benzene rings is 2. The van der Waals surface area contributed by atoms with Gasteiger partial charge in [-0.25, -0.2) is 0 Å². The van der Waals surface area contributed by atoms with Crippen molar-refractivity contribution in [1.82, 2.24) is 4.90 Å². The molecule has 142 valence electrons. The molecule has 1 aliphatic rings. The van der Waals surface area contributed by atoms with E-state index in [0.717, 1.165) is 31.1 Å². The molecule has 5 heteroatoms. The Morgan fingerprint density at radius 2 is 1.81 bits per heavy atom. The molecule has 2 N–H and O–H groups in total. The number of nitrogens with two attached hydrogens (primary N) is 1. The van der Waals surface area contributed by atoms with Gasteiger partial charge in [0.2, 0.25) is 0 Å². The molecule has 0 radical (unpaired) electrons. The second-order valence-corrected chi connectivity index (χ2v) is 7.03. The number of nitrogens with zero attached hydrogens (tertiary/aromatic N) is 1. The van der Waals surface area contributed by atoms with E-state index < -0.39 is 0 Å². The molecular formula is C21H29ClN2O2. The van der Waals surface area contributed by atoms with Crippen LogP contribution in [0.5, 0.6) is 11.5 Å². The number of methoxy groups -OCH3 is 1. The molecule has 26 heavy (non-hydrogen) atoms. The van der Waals surface area contributed by atoms with Gasteiger partial charge in [0.1, 0.15) is 0 Å². The quantitative estimate of drug-likeness (QED) is 0.832. The molecule has 0 bridgehead atoms. The molecule has 4 nitrogen and oxygen atoms in total. The van der Waals surface area contributed by atoms with E-state index in [0.29, 0.717) is 5.92 Å². The van der Waals surface area contributed by atoms with Gasteiger partial charge < -0.3 is 15.2 Å². The summed E-state index contributed by atoms with van der Waals surface area (Å²) in [5, 5.41) is 0. The number of ether oxygens (including phenoxy) is 2. The van der Waals surface area contributed by atoms with E-state index in [-0.39, 0.29) is 24.6 Å². The van der Waals surface area contributed by atoms with Gasteiger partial charge in [-0.3, -0.25) is 4.90 Å². The van der Waals surface area contributed by atoms with Crippen LogP contribution in [0.3, 0.4) is 0 Å². The fourth-order valence-corrected chi connectivity index (χ4v) is 3.52. The van der Waals surface area contributed by atoms with Gasteiger partial charge in [-0.05, 0) is 37.1 Å². The van der Waals surface area contributed by atoms with Crippen molar-refractivity contribution in [1.29, 1.82) is 0 Å². The molecule has 1 aliphatic heterocycles. The number of hydrogen-bond acceptors (Lipinski definition) is 4. The van der Waals surface area contributed by atoms with Crippen LogP contribution in [-0.2, 0) is 6.54 Å². The number of likely N-dealkylation sites (tertiary alicyclic amines) is 1. The highest BCUT2D eigenvalue weighted by atomic mass is 35.5. The normalized spacial score (nSPS) is 20.0. The van der Waals surface area contributed by atoms with Crippen molar-refractivity contribution < 1.29 is 9.47 Å². The molecule has 1 heterocycles. The minimum absolute atomic E-state index is 0. The molecule has 0 amide bonds. The predicted molar refractivity (Wildman–Crippen MR) is 108 cm³/mol. The topological polar surface area (TPSA) is 47.7 Å². The van der Waals surface area contributed by atoms with Crippen molar-refractivity contribution in [2.24, 2.45) is 5.73 Å². The van der Waals surface area contributed by atoms with Crippen LogP contribution in [0.15, 0.2) is 48.5 Å². The van der Waals surface area contributed by atoms with E-state index in [4.69, 9.17) is 15.2 Å². The van der Waals surface area contributed by atoms with Crippen LogP contribution in [0.2, 0.25) is 0 Å². The van der Waals surface area contributed by atoms with Crippen molar-refractivity contribution in [2.75, 3.05) is 20.2 Å². The zero-order valence-electron chi connectivity index (χ0n) is 15.7. The Balaban J connectivity index is 0.00000243. The summed E-state index contributed by atoms with van der Waals surface area (Å²) in [7, 11) is 1.68. The molecule has 1 fully saturated rings. The lowest BCUT2D eigenvalue weighted by atomic mass is 9.95. The van der Waals surface area contributed by atoms with Gasteiger partial charge in [0.05, 0.1) is 13.2 Å². The maximum absolute atomic E-state index is 6.40. The van der Waals surface area contributed by atoms with E-state index in [9.17, 15) is 0 Å². The van der Waals surface area contributed by atoms with Gasteiger partial charge >= 0.3 is 0 Å². The molecule has 1 saturated heterocycles. The van der Waals surface area contributed by atoms with Crippen LogP contribution in [0.1, 0.15) is 30.9 Å². The van der Waals surface area contributed by atoms with Gasteiger partial charge in [-0.2, -0.15) is 0 Å². The largest absolute Gasteiger partial charge is 0.493 e. The summed E-state index contributed by atoms with van der Waals surface area (Å²) in [6, 6.07) is 16.9. The van der Waals surface area contributed by atoms with Gasteiger partial charge in [0.25, 0.3) is 0 Å². The summed E-state index contributed by atoms with van der Waals surface area (Å²) >= 11 is 0. The second kappa shape index (κ2) is 9.26. The number of hydrogen-bond donors (Lipinski definition) is 1. The summed E-state index contributed by atoms with van der Waals surface area (Å²) < 4.78 is 11.3. The van der Waals surface area contributed by atoms with Gasteiger partial charge in [-0.1, -0.05) is 36.4 Å². The van der Waals surface area contributed by atoms with Crippen LogP contribution < -0.4 is 15.2 Å². The van der Waals surface area contributed by atoms with Crippen molar-refractivity contribution in [3.8, 4) is 11.5 Å². The standard InChI is InChI=1S/C21H28N2O2.ClH/c1-15(2)25-20-10-9-16(11-21(20)24-3)12-23-13-18(19(22)14-23)17-7-5-4-6-8-17;/h4-11,15,18-19H,12-14,22H2,1-3H3;1H/t18-,19+;/m0./s1. The third kappa shape index (κ3) is 4.91. The van der Waals surface area contributed by atoms with E-state index in [1.54, 1.807) is 7.11 Å². The Morgan fingerprint density at radius 1 is 1.08 bits per heavy atom. The van der Waals surface area contributed by atoms with Crippen LogP contribution in [0.4, 0.5) is 0 Å². The zero-order valence-corrected chi connectivity index (χ0v) is 16.5. The third-order valence-electron chi connectivity index (χ3n) is 4.67. The Hall–Kier alpha value is -1.75. The zero-order chi connectivity index (χ0) is 17.8. The average Bonchev–Trinajstić information content (AvgIpc) is 2.97. The third-order valence-corrected chi connectivity index (χ3v) is 4.67. The lowest BCUT2D eigenvalue weighted by molar-refractivity contribution is 0.229. The highest BCUT2D eigenvalue weighted by Gasteiger charge is 2.31. The summed E-state index contributed by atoms with van der Waals surface area (Å²) in [4.78, 5) is 2.42. The second-order valence-electron chi connectivity index (χ2n) is 7.03. The molecular weight excluding hydrogens is 348 g/mol. The molecule has 2 aromatic carbocycles. The summed E-state index contributed by atoms with van der Waals surface area (Å²) in [6.07, 6.45) is 0.128. The predicted octanol–water partition coefficient (Wildman–Crippen LogP) is 3.83. The Labute approximate surface area is 162 Å². The van der Waals surface area contributed by atoms with Crippen LogP contribution in [0, 0.1) is 0 Å². The van der Waals surface area contributed by atoms with Gasteiger partial charge in [0.15, 0.2) is 11.5 Å². The fourth-order valence-electron chi connectivity index (χ4n) is 3.52. The summed E-state index contributed by atoms with van der Waals surface area (Å²) in [5.74, 6) is 1.97. The highest BCUT2D eigenvalue weighted by Crippen LogP contribution is 2.31. The fraction of sp³-hybridized carbons (Fsp3) is 0.429. The van der Waals surface area contributed by atoms with Crippen molar-refractivity contribution in [3.05, 3.63) is 59.7 Å². The number of rotatable bonds is 6. The molecule has 0 aromatic heterocycles. The van der Waals surface area contributed by atoms with E-state index >= 15 is 0 Å². The SMILES string of the molecule is COc1cc(CN2C[C@@H](N)[C@H](c3ccccc3)C2)ccc1OC(C)C.Cl. The molecule has 0 saturated carbocycles. The molecule has 3 rings (SSSR count). The van der Waals surface area contributed by atoms with Gasteiger partial charge in [0, 0.05) is 31.6 Å². The Morgan fingerprint density at radius 3 is 2.46 bits per heavy atom. The minimum Gasteiger partial charge on any atom is -0.493 e. The maximum Gasteiger partial charge on any atom is 0.161 e. The molecule has 2 aromatic rings. The monoisotopic (exact) mass is 376 g/mol. The van der Waals surface area contributed by atoms with E-state index in [1.807, 2.05) is 19.9 Å². The first-order valence-electron chi connectivity index (χ1n) is 8.93. The van der Waals surface area contributed by atoms with Gasteiger partial charge in [-0.15, -0.1) is 12.4 Å². The first-order valence-corrected chi connectivity index (χ1v) is 8.93.